The summed E-state index contributed by atoms with van der Waals surface area (Å²) in [5.41, 5.74) is 1.67. The lowest BCUT2D eigenvalue weighted by atomic mass is 10.1. The van der Waals surface area contributed by atoms with Crippen molar-refractivity contribution in [2.45, 2.75) is 26.0 Å². The van der Waals surface area contributed by atoms with E-state index in [4.69, 9.17) is 23.2 Å². The first-order valence-corrected chi connectivity index (χ1v) is 6.51. The van der Waals surface area contributed by atoms with E-state index in [-0.39, 0.29) is 0 Å². The van der Waals surface area contributed by atoms with Crippen LogP contribution in [0.3, 0.4) is 0 Å². The van der Waals surface area contributed by atoms with Crippen LogP contribution < -0.4 is 0 Å². The summed E-state index contributed by atoms with van der Waals surface area (Å²) in [6.45, 7) is 2.71. The fourth-order valence-corrected chi connectivity index (χ4v) is 2.38. The van der Waals surface area contributed by atoms with Gasteiger partial charge >= 0.3 is 0 Å². The topological polar surface area (TPSA) is 38.0 Å². The third-order valence-electron chi connectivity index (χ3n) is 2.82. The van der Waals surface area contributed by atoms with Crippen LogP contribution in [0.5, 0.6) is 0 Å². The second kappa shape index (κ2) is 5.74. The zero-order valence-electron chi connectivity index (χ0n) is 9.98. The van der Waals surface area contributed by atoms with Crippen molar-refractivity contribution in [3.05, 3.63) is 51.8 Å². The van der Waals surface area contributed by atoms with Crippen LogP contribution >= 0.6 is 23.2 Å². The minimum atomic E-state index is -0.619. The first-order chi connectivity index (χ1) is 8.61. The van der Waals surface area contributed by atoms with E-state index in [2.05, 4.69) is 5.10 Å². The summed E-state index contributed by atoms with van der Waals surface area (Å²) in [6.07, 6.45) is 1.51. The summed E-state index contributed by atoms with van der Waals surface area (Å²) in [6, 6.07) is 7.10. The number of benzene rings is 1. The lowest BCUT2D eigenvalue weighted by Crippen LogP contribution is -2.10. The predicted octanol–water partition coefficient (Wildman–Crippen LogP) is 3.49. The van der Waals surface area contributed by atoms with Crippen LogP contribution in [0.1, 0.15) is 24.3 Å². The molecule has 1 N–H and O–H groups in total. The highest BCUT2D eigenvalue weighted by molar-refractivity contribution is 6.35. The Morgan fingerprint density at radius 1 is 1.33 bits per heavy atom. The van der Waals surface area contributed by atoms with Crippen LogP contribution in [0.4, 0.5) is 0 Å². The number of hydrogen-bond acceptors (Lipinski definition) is 2. The van der Waals surface area contributed by atoms with Gasteiger partial charge in [-0.1, -0.05) is 29.3 Å². The average molecular weight is 285 g/mol. The highest BCUT2D eigenvalue weighted by Gasteiger charge is 2.14. The predicted molar refractivity (Wildman–Crippen MR) is 73.0 cm³/mol. The van der Waals surface area contributed by atoms with Gasteiger partial charge in [-0.05, 0) is 30.7 Å². The number of aromatic nitrogens is 2. The summed E-state index contributed by atoms with van der Waals surface area (Å²) in [5, 5.41) is 15.5. The normalized spacial score (nSPS) is 12.7. The molecule has 5 heteroatoms. The van der Waals surface area contributed by atoms with Crippen molar-refractivity contribution in [3.8, 4) is 0 Å². The van der Waals surface area contributed by atoms with Gasteiger partial charge in [0.15, 0.2) is 0 Å². The van der Waals surface area contributed by atoms with Crippen LogP contribution in [-0.2, 0) is 13.0 Å². The quantitative estimate of drug-likeness (QED) is 0.933. The second-order valence-corrected chi connectivity index (χ2v) is 4.87. The van der Waals surface area contributed by atoms with E-state index in [1.54, 1.807) is 23.0 Å². The number of aliphatic hydroxyl groups is 1. The molecule has 0 aliphatic heterocycles. The Labute approximate surface area is 116 Å². The molecule has 0 amide bonds. The van der Waals surface area contributed by atoms with E-state index in [1.807, 2.05) is 19.1 Å². The monoisotopic (exact) mass is 284 g/mol. The highest BCUT2D eigenvalue weighted by atomic mass is 35.5. The van der Waals surface area contributed by atoms with Gasteiger partial charge in [0.2, 0.25) is 0 Å². The van der Waals surface area contributed by atoms with Gasteiger partial charge in [0.25, 0.3) is 0 Å². The third-order valence-corrected chi connectivity index (χ3v) is 3.41. The van der Waals surface area contributed by atoms with Gasteiger partial charge in [-0.15, -0.1) is 0 Å². The molecule has 3 nitrogen and oxygen atoms in total. The first kappa shape index (κ1) is 13.4. The standard InChI is InChI=1S/C13H14Cl2N2O/c1-2-17-12(5-6-16-17)13(18)7-9-3-4-10(14)8-11(9)15/h3-6,8,13,18H,2,7H2,1H3. The molecule has 2 rings (SSSR count). The SMILES string of the molecule is CCn1nccc1C(O)Cc1ccc(Cl)cc1Cl. The number of rotatable bonds is 4. The molecule has 1 aromatic carbocycles. The molecule has 96 valence electrons. The molecule has 1 unspecified atom stereocenters. The van der Waals surface area contributed by atoms with Gasteiger partial charge in [-0.2, -0.15) is 5.10 Å². The maximum atomic E-state index is 10.2. The molecule has 0 aliphatic carbocycles. The van der Waals surface area contributed by atoms with E-state index in [0.717, 1.165) is 17.8 Å². The molecule has 0 radical (unpaired) electrons. The summed E-state index contributed by atoms with van der Waals surface area (Å²) in [5.74, 6) is 0. The zero-order chi connectivity index (χ0) is 13.1. The lowest BCUT2D eigenvalue weighted by molar-refractivity contribution is 0.167. The minimum Gasteiger partial charge on any atom is -0.386 e. The van der Waals surface area contributed by atoms with Crippen molar-refractivity contribution in [1.29, 1.82) is 0 Å². The van der Waals surface area contributed by atoms with Gasteiger partial charge in [-0.25, -0.2) is 0 Å². The van der Waals surface area contributed by atoms with Crippen molar-refractivity contribution < 1.29 is 5.11 Å². The Morgan fingerprint density at radius 2 is 2.11 bits per heavy atom. The number of aliphatic hydroxyl groups excluding tert-OH is 1. The van der Waals surface area contributed by atoms with Crippen molar-refractivity contribution in [3.63, 3.8) is 0 Å². The van der Waals surface area contributed by atoms with Gasteiger partial charge in [0, 0.05) is 29.2 Å². The number of hydrogen-bond donors (Lipinski definition) is 1. The van der Waals surface area contributed by atoms with Gasteiger partial charge < -0.3 is 5.11 Å². The summed E-state index contributed by atoms with van der Waals surface area (Å²) in [4.78, 5) is 0. The van der Waals surface area contributed by atoms with Crippen LogP contribution in [0.25, 0.3) is 0 Å². The summed E-state index contributed by atoms with van der Waals surface area (Å²) < 4.78 is 1.77. The molecule has 0 bridgehead atoms. The molecule has 0 aliphatic rings. The molecular weight excluding hydrogens is 271 g/mol. The van der Waals surface area contributed by atoms with Crippen LogP contribution in [0.2, 0.25) is 10.0 Å². The van der Waals surface area contributed by atoms with E-state index in [9.17, 15) is 5.11 Å². The van der Waals surface area contributed by atoms with Crippen LogP contribution in [-0.4, -0.2) is 14.9 Å². The molecule has 1 atom stereocenters. The van der Waals surface area contributed by atoms with Crippen LogP contribution in [0, 0.1) is 0 Å². The molecule has 2 aromatic rings. The average Bonchev–Trinajstić information content (AvgIpc) is 2.81. The van der Waals surface area contributed by atoms with E-state index >= 15 is 0 Å². The fraction of sp³-hybridized carbons (Fsp3) is 0.308. The van der Waals surface area contributed by atoms with Gasteiger partial charge in [0.05, 0.1) is 11.8 Å². The number of nitrogens with zero attached hydrogens (tertiary/aromatic N) is 2. The van der Waals surface area contributed by atoms with E-state index in [1.165, 1.54) is 0 Å². The molecular formula is C13H14Cl2N2O. The summed E-state index contributed by atoms with van der Waals surface area (Å²) in [7, 11) is 0. The smallest absolute Gasteiger partial charge is 0.0997 e. The minimum absolute atomic E-state index is 0.446. The highest BCUT2D eigenvalue weighted by Crippen LogP contribution is 2.26. The van der Waals surface area contributed by atoms with E-state index < -0.39 is 6.10 Å². The zero-order valence-corrected chi connectivity index (χ0v) is 11.5. The molecule has 18 heavy (non-hydrogen) atoms. The Balaban J connectivity index is 2.18. The number of halogens is 2. The molecule has 0 spiro atoms. The first-order valence-electron chi connectivity index (χ1n) is 5.75. The fourth-order valence-electron chi connectivity index (χ4n) is 1.89. The van der Waals surface area contributed by atoms with E-state index in [0.29, 0.717) is 16.5 Å². The Morgan fingerprint density at radius 3 is 2.78 bits per heavy atom. The van der Waals surface area contributed by atoms with Crippen molar-refractivity contribution >= 4 is 23.2 Å². The van der Waals surface area contributed by atoms with Crippen molar-refractivity contribution in [2.24, 2.45) is 0 Å². The van der Waals surface area contributed by atoms with Gasteiger partial charge in [0.1, 0.15) is 0 Å². The summed E-state index contributed by atoms with van der Waals surface area (Å²) >= 11 is 11.9. The molecule has 0 fully saturated rings. The third kappa shape index (κ3) is 2.86. The molecule has 0 saturated carbocycles. The molecule has 1 heterocycles. The maximum Gasteiger partial charge on any atom is 0.0997 e. The largest absolute Gasteiger partial charge is 0.386 e. The number of aryl methyl sites for hydroxylation is 1. The Kier molecular flexibility index (Phi) is 4.27. The lowest BCUT2D eigenvalue weighted by Gasteiger charge is -2.13. The molecule has 1 aromatic heterocycles. The van der Waals surface area contributed by atoms with Crippen LogP contribution in [0.15, 0.2) is 30.5 Å². The van der Waals surface area contributed by atoms with Crippen molar-refractivity contribution in [1.82, 2.24) is 9.78 Å². The van der Waals surface area contributed by atoms with Crippen molar-refractivity contribution in [2.75, 3.05) is 0 Å². The second-order valence-electron chi connectivity index (χ2n) is 4.03. The Bertz CT molecular complexity index is 540. The molecule has 0 saturated heterocycles. The maximum absolute atomic E-state index is 10.2. The van der Waals surface area contributed by atoms with Gasteiger partial charge in [-0.3, -0.25) is 4.68 Å². The Hall–Kier alpha value is -1.03.